The highest BCUT2D eigenvalue weighted by atomic mass is 16.5. The van der Waals surface area contributed by atoms with E-state index in [1.54, 1.807) is 0 Å². The first kappa shape index (κ1) is 14.2. The molecule has 0 bridgehead atoms. The average Bonchev–Trinajstić information content (AvgIpc) is 2.37. The van der Waals surface area contributed by atoms with Gasteiger partial charge in [-0.3, -0.25) is 9.59 Å². The van der Waals surface area contributed by atoms with Gasteiger partial charge in [-0.1, -0.05) is 30.3 Å². The van der Waals surface area contributed by atoms with E-state index in [0.29, 0.717) is 13.0 Å². The maximum absolute atomic E-state index is 11.3. The summed E-state index contributed by atoms with van der Waals surface area (Å²) >= 11 is 0. The summed E-state index contributed by atoms with van der Waals surface area (Å²) in [5.41, 5.74) is 6.37. The molecular formula is C13H17NO4. The molecule has 3 N–H and O–H groups in total. The fraction of sp³-hybridized carbons (Fsp3) is 0.385. The second kappa shape index (κ2) is 7.45. The molecule has 0 saturated heterocycles. The standard InChI is InChI=1S/C13H17NO4/c14-11(13(16)17)6-7-12(15)18-9-8-10-4-2-1-3-5-10/h1-5,11H,6-9,14H2,(H,16,17)/t11-/m0/s1. The smallest absolute Gasteiger partial charge is 0.320 e. The van der Waals surface area contributed by atoms with Crippen molar-refractivity contribution in [3.05, 3.63) is 35.9 Å². The van der Waals surface area contributed by atoms with Crippen molar-refractivity contribution in [3.63, 3.8) is 0 Å². The van der Waals surface area contributed by atoms with E-state index in [2.05, 4.69) is 0 Å². The van der Waals surface area contributed by atoms with Gasteiger partial charge >= 0.3 is 11.9 Å². The van der Waals surface area contributed by atoms with E-state index in [0.717, 1.165) is 5.56 Å². The van der Waals surface area contributed by atoms with Gasteiger partial charge in [0.15, 0.2) is 0 Å². The predicted octanol–water partition coefficient (Wildman–Crippen LogP) is 0.964. The van der Waals surface area contributed by atoms with Gasteiger partial charge in [0.05, 0.1) is 6.61 Å². The molecule has 0 aliphatic carbocycles. The van der Waals surface area contributed by atoms with Crippen LogP contribution in [0.1, 0.15) is 18.4 Å². The van der Waals surface area contributed by atoms with Crippen LogP contribution in [0.2, 0.25) is 0 Å². The van der Waals surface area contributed by atoms with E-state index in [1.807, 2.05) is 30.3 Å². The average molecular weight is 251 g/mol. The van der Waals surface area contributed by atoms with E-state index in [4.69, 9.17) is 15.6 Å². The molecule has 0 aliphatic heterocycles. The molecule has 0 fully saturated rings. The number of carboxylic acids is 1. The van der Waals surface area contributed by atoms with Crippen molar-refractivity contribution in [2.75, 3.05) is 6.61 Å². The molecule has 0 saturated carbocycles. The Balaban J connectivity index is 2.16. The van der Waals surface area contributed by atoms with Crippen molar-refractivity contribution in [1.29, 1.82) is 0 Å². The molecule has 1 aromatic carbocycles. The van der Waals surface area contributed by atoms with Gasteiger partial charge in [-0.05, 0) is 12.0 Å². The van der Waals surface area contributed by atoms with Gasteiger partial charge in [-0.25, -0.2) is 0 Å². The lowest BCUT2D eigenvalue weighted by Crippen LogP contribution is -2.30. The lowest BCUT2D eigenvalue weighted by Gasteiger charge is -2.07. The second-order valence-electron chi connectivity index (χ2n) is 3.94. The fourth-order valence-electron chi connectivity index (χ4n) is 1.40. The lowest BCUT2D eigenvalue weighted by molar-refractivity contribution is -0.144. The van der Waals surface area contributed by atoms with E-state index in [9.17, 15) is 9.59 Å². The number of rotatable bonds is 7. The molecule has 0 aliphatic rings. The maximum Gasteiger partial charge on any atom is 0.320 e. The number of esters is 1. The zero-order valence-electron chi connectivity index (χ0n) is 10.0. The largest absolute Gasteiger partial charge is 0.480 e. The molecule has 1 rings (SSSR count). The van der Waals surface area contributed by atoms with Gasteiger partial charge in [0.2, 0.25) is 0 Å². The van der Waals surface area contributed by atoms with E-state index in [-0.39, 0.29) is 12.8 Å². The number of nitrogens with two attached hydrogens (primary N) is 1. The van der Waals surface area contributed by atoms with Crippen molar-refractivity contribution in [3.8, 4) is 0 Å². The number of aliphatic carboxylic acids is 1. The van der Waals surface area contributed by atoms with Gasteiger partial charge in [0.1, 0.15) is 6.04 Å². The molecule has 0 aromatic heterocycles. The lowest BCUT2D eigenvalue weighted by atomic mass is 10.1. The van der Waals surface area contributed by atoms with E-state index in [1.165, 1.54) is 0 Å². The highest BCUT2D eigenvalue weighted by molar-refractivity contribution is 5.75. The van der Waals surface area contributed by atoms with Gasteiger partial charge in [0, 0.05) is 12.8 Å². The monoisotopic (exact) mass is 251 g/mol. The van der Waals surface area contributed by atoms with Crippen LogP contribution in [-0.2, 0) is 20.7 Å². The van der Waals surface area contributed by atoms with Crippen LogP contribution >= 0.6 is 0 Å². The van der Waals surface area contributed by atoms with Gasteiger partial charge < -0.3 is 15.6 Å². The minimum absolute atomic E-state index is 0.0300. The van der Waals surface area contributed by atoms with Crippen LogP contribution in [0.25, 0.3) is 0 Å². The number of hydrogen-bond acceptors (Lipinski definition) is 4. The highest BCUT2D eigenvalue weighted by Crippen LogP contribution is 2.02. The molecule has 98 valence electrons. The molecule has 18 heavy (non-hydrogen) atoms. The van der Waals surface area contributed by atoms with Crippen molar-refractivity contribution < 1.29 is 19.4 Å². The van der Waals surface area contributed by atoms with Gasteiger partial charge in [0.25, 0.3) is 0 Å². The quantitative estimate of drug-likeness (QED) is 0.705. The summed E-state index contributed by atoms with van der Waals surface area (Å²) in [5, 5.41) is 8.54. The molecular weight excluding hydrogens is 234 g/mol. The third-order valence-corrected chi connectivity index (χ3v) is 2.47. The number of carboxylic acid groups (broad SMARTS) is 1. The summed E-state index contributed by atoms with van der Waals surface area (Å²) in [7, 11) is 0. The summed E-state index contributed by atoms with van der Waals surface area (Å²) in [5.74, 6) is -1.52. The van der Waals surface area contributed by atoms with Gasteiger partial charge in [-0.15, -0.1) is 0 Å². The van der Waals surface area contributed by atoms with Crippen molar-refractivity contribution in [2.45, 2.75) is 25.3 Å². The van der Waals surface area contributed by atoms with Crippen molar-refractivity contribution in [2.24, 2.45) is 5.73 Å². The minimum Gasteiger partial charge on any atom is -0.480 e. The minimum atomic E-state index is -1.10. The summed E-state index contributed by atoms with van der Waals surface area (Å²) in [4.78, 5) is 21.7. The number of benzene rings is 1. The normalized spacial score (nSPS) is 11.8. The van der Waals surface area contributed by atoms with Crippen molar-refractivity contribution >= 4 is 11.9 Å². The third kappa shape index (κ3) is 5.45. The van der Waals surface area contributed by atoms with Crippen LogP contribution in [0, 0.1) is 0 Å². The summed E-state index contributed by atoms with van der Waals surface area (Å²) < 4.78 is 4.99. The van der Waals surface area contributed by atoms with Gasteiger partial charge in [-0.2, -0.15) is 0 Å². The van der Waals surface area contributed by atoms with Crippen LogP contribution in [0.15, 0.2) is 30.3 Å². The summed E-state index contributed by atoms with van der Waals surface area (Å²) in [6, 6.07) is 8.66. The predicted molar refractivity (Wildman–Crippen MR) is 66.0 cm³/mol. The third-order valence-electron chi connectivity index (χ3n) is 2.47. The molecule has 0 radical (unpaired) electrons. The zero-order valence-corrected chi connectivity index (χ0v) is 10.0. The van der Waals surface area contributed by atoms with Crippen LogP contribution < -0.4 is 5.73 Å². The Bertz CT molecular complexity index is 391. The van der Waals surface area contributed by atoms with E-state index >= 15 is 0 Å². The van der Waals surface area contributed by atoms with Crippen LogP contribution in [0.5, 0.6) is 0 Å². The summed E-state index contributed by atoms with van der Waals surface area (Å²) in [6.07, 6.45) is 0.777. The number of carbonyl (C=O) groups is 2. The van der Waals surface area contributed by atoms with Crippen LogP contribution in [-0.4, -0.2) is 29.7 Å². The molecule has 0 amide bonds. The molecule has 0 unspecified atom stereocenters. The molecule has 5 nitrogen and oxygen atoms in total. The molecule has 5 heteroatoms. The Kier molecular flexibility index (Phi) is 5.87. The Morgan fingerprint density at radius 1 is 1.28 bits per heavy atom. The first-order valence-electron chi connectivity index (χ1n) is 5.77. The summed E-state index contributed by atoms with van der Waals surface area (Å²) in [6.45, 7) is 0.297. The van der Waals surface area contributed by atoms with Crippen LogP contribution in [0.3, 0.4) is 0 Å². The van der Waals surface area contributed by atoms with Crippen molar-refractivity contribution in [1.82, 2.24) is 0 Å². The van der Waals surface area contributed by atoms with E-state index < -0.39 is 18.0 Å². The first-order chi connectivity index (χ1) is 8.59. The first-order valence-corrected chi connectivity index (χ1v) is 5.77. The molecule has 1 atom stereocenters. The zero-order chi connectivity index (χ0) is 13.4. The fourth-order valence-corrected chi connectivity index (χ4v) is 1.40. The van der Waals surface area contributed by atoms with Crippen LogP contribution in [0.4, 0.5) is 0 Å². The number of hydrogen-bond donors (Lipinski definition) is 2. The topological polar surface area (TPSA) is 89.6 Å². The molecule has 0 heterocycles. The molecule has 0 spiro atoms. The number of ether oxygens (including phenoxy) is 1. The Morgan fingerprint density at radius 2 is 1.94 bits per heavy atom. The Hall–Kier alpha value is -1.88. The Labute approximate surface area is 106 Å². The highest BCUT2D eigenvalue weighted by Gasteiger charge is 2.13. The molecule has 1 aromatic rings. The SMILES string of the molecule is N[C@@H](CCC(=O)OCCc1ccccc1)C(=O)O. The Morgan fingerprint density at radius 3 is 2.56 bits per heavy atom. The number of carbonyl (C=O) groups excluding carboxylic acids is 1. The second-order valence-corrected chi connectivity index (χ2v) is 3.94. The maximum atomic E-state index is 11.3.